The Hall–Kier alpha value is -1.55. The van der Waals surface area contributed by atoms with Crippen molar-refractivity contribution in [3.05, 3.63) is 64.7 Å². The largest absolute Gasteiger partial charge is 0.496 e. The molecule has 1 heterocycles. The summed E-state index contributed by atoms with van der Waals surface area (Å²) in [6.07, 6.45) is 4.01. The number of fused-ring (bicyclic) bond motifs is 1. The van der Waals surface area contributed by atoms with Gasteiger partial charge in [0, 0.05) is 29.2 Å². The Morgan fingerprint density at radius 2 is 2.00 bits per heavy atom. The lowest BCUT2D eigenvalue weighted by atomic mass is 9.78. The van der Waals surface area contributed by atoms with Crippen LogP contribution in [0, 0.1) is 11.8 Å². The van der Waals surface area contributed by atoms with Crippen molar-refractivity contribution in [1.82, 2.24) is 10.6 Å². The van der Waals surface area contributed by atoms with Gasteiger partial charge in [-0.3, -0.25) is 0 Å². The summed E-state index contributed by atoms with van der Waals surface area (Å²) in [4.78, 5) is 0. The SMILES string of the molecule is COc1ccc(Cl)cc1CNC1C(c2ccccc2)NCC2CCCC21. The summed E-state index contributed by atoms with van der Waals surface area (Å²) in [5.74, 6) is 2.41. The second kappa shape index (κ2) is 7.99. The summed E-state index contributed by atoms with van der Waals surface area (Å²) in [6, 6.07) is 17.4. The van der Waals surface area contributed by atoms with E-state index in [0.717, 1.165) is 41.3 Å². The Labute approximate surface area is 161 Å². The zero-order valence-electron chi connectivity index (χ0n) is 15.2. The van der Waals surface area contributed by atoms with Crippen molar-refractivity contribution < 1.29 is 4.74 Å². The molecule has 4 rings (SSSR count). The minimum absolute atomic E-state index is 0.348. The fraction of sp³-hybridized carbons (Fsp3) is 0.455. The number of hydrogen-bond acceptors (Lipinski definition) is 3. The van der Waals surface area contributed by atoms with Crippen molar-refractivity contribution in [3.63, 3.8) is 0 Å². The van der Waals surface area contributed by atoms with Gasteiger partial charge in [-0.05, 0) is 55.0 Å². The predicted molar refractivity (Wildman–Crippen MR) is 107 cm³/mol. The zero-order valence-corrected chi connectivity index (χ0v) is 16.0. The molecule has 2 fully saturated rings. The molecule has 2 N–H and O–H groups in total. The molecule has 2 aromatic carbocycles. The summed E-state index contributed by atoms with van der Waals surface area (Å²) in [5, 5.41) is 8.42. The molecule has 26 heavy (non-hydrogen) atoms. The van der Waals surface area contributed by atoms with Gasteiger partial charge in [-0.2, -0.15) is 0 Å². The van der Waals surface area contributed by atoms with E-state index in [2.05, 4.69) is 41.0 Å². The highest BCUT2D eigenvalue weighted by atomic mass is 35.5. The third kappa shape index (κ3) is 3.62. The fourth-order valence-corrected chi connectivity index (χ4v) is 5.01. The second-order valence-corrected chi connectivity index (χ2v) is 7.95. The molecule has 1 saturated carbocycles. The molecule has 138 valence electrons. The van der Waals surface area contributed by atoms with Gasteiger partial charge in [-0.15, -0.1) is 0 Å². The van der Waals surface area contributed by atoms with Crippen LogP contribution in [0.5, 0.6) is 5.75 Å². The Morgan fingerprint density at radius 3 is 2.81 bits per heavy atom. The maximum absolute atomic E-state index is 6.21. The smallest absolute Gasteiger partial charge is 0.123 e. The average molecular weight is 371 g/mol. The first-order valence-corrected chi connectivity index (χ1v) is 9.98. The summed E-state index contributed by atoms with van der Waals surface area (Å²) < 4.78 is 5.52. The topological polar surface area (TPSA) is 33.3 Å². The highest BCUT2D eigenvalue weighted by Crippen LogP contribution is 2.41. The fourth-order valence-electron chi connectivity index (χ4n) is 4.81. The molecule has 4 unspecified atom stereocenters. The molecule has 2 aliphatic rings. The van der Waals surface area contributed by atoms with Crippen LogP contribution in [-0.4, -0.2) is 19.7 Å². The first-order chi connectivity index (χ1) is 12.8. The summed E-state index contributed by atoms with van der Waals surface area (Å²) >= 11 is 6.21. The van der Waals surface area contributed by atoms with E-state index in [1.54, 1.807) is 7.11 Å². The van der Waals surface area contributed by atoms with E-state index in [-0.39, 0.29) is 0 Å². The van der Waals surface area contributed by atoms with Gasteiger partial charge >= 0.3 is 0 Å². The Bertz CT molecular complexity index is 736. The molecule has 0 spiro atoms. The average Bonchev–Trinajstić information content (AvgIpc) is 3.16. The number of ether oxygens (including phenoxy) is 1. The van der Waals surface area contributed by atoms with E-state index in [1.807, 2.05) is 18.2 Å². The van der Waals surface area contributed by atoms with E-state index < -0.39 is 0 Å². The first-order valence-electron chi connectivity index (χ1n) is 9.60. The monoisotopic (exact) mass is 370 g/mol. The summed E-state index contributed by atoms with van der Waals surface area (Å²) in [6.45, 7) is 1.89. The van der Waals surface area contributed by atoms with Gasteiger partial charge in [0.15, 0.2) is 0 Å². The highest BCUT2D eigenvalue weighted by molar-refractivity contribution is 6.30. The molecule has 1 aliphatic heterocycles. The van der Waals surface area contributed by atoms with E-state index >= 15 is 0 Å². The number of halogens is 1. The molecule has 0 aromatic heterocycles. The first kappa shape index (κ1) is 17.8. The van der Waals surface area contributed by atoms with Crippen LogP contribution in [0.3, 0.4) is 0 Å². The van der Waals surface area contributed by atoms with Gasteiger partial charge in [0.25, 0.3) is 0 Å². The van der Waals surface area contributed by atoms with E-state index in [0.29, 0.717) is 12.1 Å². The van der Waals surface area contributed by atoms with Crippen LogP contribution >= 0.6 is 11.6 Å². The quantitative estimate of drug-likeness (QED) is 0.808. The zero-order chi connectivity index (χ0) is 17.9. The van der Waals surface area contributed by atoms with Crippen molar-refractivity contribution in [2.24, 2.45) is 11.8 Å². The molecule has 0 amide bonds. The third-order valence-electron chi connectivity index (χ3n) is 6.07. The van der Waals surface area contributed by atoms with Crippen molar-refractivity contribution in [3.8, 4) is 5.75 Å². The lowest BCUT2D eigenvalue weighted by Gasteiger charge is -2.42. The van der Waals surface area contributed by atoms with Crippen LogP contribution in [0.25, 0.3) is 0 Å². The molecule has 3 nitrogen and oxygen atoms in total. The van der Waals surface area contributed by atoms with Crippen molar-refractivity contribution >= 4 is 11.6 Å². The lowest BCUT2D eigenvalue weighted by molar-refractivity contribution is 0.171. The van der Waals surface area contributed by atoms with E-state index in [9.17, 15) is 0 Å². The van der Waals surface area contributed by atoms with Gasteiger partial charge in [-0.25, -0.2) is 0 Å². The number of hydrogen-bond donors (Lipinski definition) is 2. The molecular weight excluding hydrogens is 344 g/mol. The van der Waals surface area contributed by atoms with Crippen molar-refractivity contribution in [2.75, 3.05) is 13.7 Å². The Morgan fingerprint density at radius 1 is 1.15 bits per heavy atom. The summed E-state index contributed by atoms with van der Waals surface area (Å²) in [5.41, 5.74) is 2.49. The number of methoxy groups -OCH3 is 1. The van der Waals surface area contributed by atoms with Crippen LogP contribution < -0.4 is 15.4 Å². The molecule has 1 saturated heterocycles. The lowest BCUT2D eigenvalue weighted by Crippen LogP contribution is -2.53. The molecule has 2 aromatic rings. The maximum atomic E-state index is 6.21. The number of rotatable bonds is 5. The minimum atomic E-state index is 0.348. The van der Waals surface area contributed by atoms with Gasteiger partial charge in [0.1, 0.15) is 5.75 Å². The molecule has 0 bridgehead atoms. The third-order valence-corrected chi connectivity index (χ3v) is 6.30. The predicted octanol–water partition coefficient (Wildman–Crippen LogP) is 4.57. The Kier molecular flexibility index (Phi) is 5.49. The van der Waals surface area contributed by atoms with Gasteiger partial charge in [0.05, 0.1) is 7.11 Å². The van der Waals surface area contributed by atoms with Crippen LogP contribution in [-0.2, 0) is 6.54 Å². The molecule has 4 heteroatoms. The number of nitrogens with one attached hydrogen (secondary N) is 2. The standard InChI is InChI=1S/C22H27ClN2O/c1-26-20-11-10-18(23)12-17(20)14-25-22-19-9-5-8-16(19)13-24-21(22)15-6-3-2-4-7-15/h2-4,6-7,10-12,16,19,21-22,24-25H,5,8-9,13-14H2,1H3. The second-order valence-electron chi connectivity index (χ2n) is 7.51. The van der Waals surface area contributed by atoms with Gasteiger partial charge < -0.3 is 15.4 Å². The number of benzene rings is 2. The van der Waals surface area contributed by atoms with Crippen LogP contribution in [0.2, 0.25) is 5.02 Å². The van der Waals surface area contributed by atoms with Crippen molar-refractivity contribution in [2.45, 2.75) is 37.9 Å². The maximum Gasteiger partial charge on any atom is 0.123 e. The molecule has 0 radical (unpaired) electrons. The number of piperidine rings is 1. The highest BCUT2D eigenvalue weighted by Gasteiger charge is 2.41. The molecule has 4 atom stereocenters. The van der Waals surface area contributed by atoms with Gasteiger partial charge in [-0.1, -0.05) is 48.4 Å². The van der Waals surface area contributed by atoms with Crippen LogP contribution in [0.4, 0.5) is 0 Å². The molecule has 1 aliphatic carbocycles. The van der Waals surface area contributed by atoms with Crippen molar-refractivity contribution in [1.29, 1.82) is 0 Å². The van der Waals surface area contributed by atoms with Crippen LogP contribution in [0.15, 0.2) is 48.5 Å². The normalized spacial score (nSPS) is 27.9. The van der Waals surface area contributed by atoms with E-state index in [1.165, 1.54) is 24.8 Å². The van der Waals surface area contributed by atoms with Crippen LogP contribution in [0.1, 0.15) is 36.4 Å². The minimum Gasteiger partial charge on any atom is -0.496 e. The van der Waals surface area contributed by atoms with Gasteiger partial charge in [0.2, 0.25) is 0 Å². The summed E-state index contributed by atoms with van der Waals surface area (Å²) in [7, 11) is 1.72. The Balaban J connectivity index is 1.57. The van der Waals surface area contributed by atoms with E-state index in [4.69, 9.17) is 16.3 Å². The molecular formula is C22H27ClN2O.